The van der Waals surface area contributed by atoms with Gasteiger partial charge < -0.3 is 5.32 Å². The van der Waals surface area contributed by atoms with Gasteiger partial charge in [0.15, 0.2) is 0 Å². The summed E-state index contributed by atoms with van der Waals surface area (Å²) in [4.78, 5) is 1.42. The van der Waals surface area contributed by atoms with Crippen molar-refractivity contribution in [2.24, 2.45) is 0 Å². The average molecular weight is 370 g/mol. The Hall–Kier alpha value is -0.910. The maximum absolute atomic E-state index is 13.8. The molecule has 1 N–H and O–H groups in total. The Morgan fingerprint density at radius 3 is 2.57 bits per heavy atom. The molecule has 110 valence electrons. The van der Waals surface area contributed by atoms with Gasteiger partial charge in [0.1, 0.15) is 11.6 Å². The molecule has 0 aromatic heterocycles. The van der Waals surface area contributed by atoms with Crippen LogP contribution in [0.15, 0.2) is 50.7 Å². The molecule has 2 aromatic carbocycles. The molecule has 21 heavy (non-hydrogen) atoms. The first-order valence-corrected chi connectivity index (χ1v) is 8.37. The summed E-state index contributed by atoms with van der Waals surface area (Å²) in [6.45, 7) is 0.759. The van der Waals surface area contributed by atoms with E-state index in [-0.39, 0.29) is 0 Å². The Morgan fingerprint density at radius 1 is 1.10 bits per heavy atom. The minimum atomic E-state index is -0.553. The lowest BCUT2D eigenvalue weighted by molar-refractivity contribution is 0.565. The number of rotatable bonds is 5. The normalized spacial score (nSPS) is 14.4. The van der Waals surface area contributed by atoms with Crippen LogP contribution in [0.1, 0.15) is 18.4 Å². The van der Waals surface area contributed by atoms with Crippen molar-refractivity contribution < 1.29 is 8.78 Å². The fourth-order valence-corrected chi connectivity index (χ4v) is 3.34. The van der Waals surface area contributed by atoms with Crippen molar-refractivity contribution in [1.82, 2.24) is 5.32 Å². The Morgan fingerprint density at radius 2 is 1.86 bits per heavy atom. The van der Waals surface area contributed by atoms with Gasteiger partial charge >= 0.3 is 0 Å². The molecule has 0 unspecified atom stereocenters. The number of hydrogen-bond donors (Lipinski definition) is 1. The van der Waals surface area contributed by atoms with Crippen LogP contribution >= 0.6 is 27.7 Å². The van der Waals surface area contributed by atoms with Gasteiger partial charge in [-0.1, -0.05) is 27.7 Å². The minimum Gasteiger partial charge on any atom is -0.310 e. The molecule has 3 rings (SSSR count). The summed E-state index contributed by atoms with van der Waals surface area (Å²) >= 11 is 4.80. The lowest BCUT2D eigenvalue weighted by Gasteiger charge is -2.11. The number of benzene rings is 2. The summed E-state index contributed by atoms with van der Waals surface area (Å²) in [6, 6.07) is 10.2. The number of halogens is 3. The maximum Gasteiger partial charge on any atom is 0.140 e. The second kappa shape index (κ2) is 6.46. The van der Waals surface area contributed by atoms with Crippen molar-refractivity contribution in [3.63, 3.8) is 0 Å². The minimum absolute atomic E-state index is 0.436. The van der Waals surface area contributed by atoms with E-state index in [0.717, 1.165) is 27.5 Å². The molecular weight excluding hydrogens is 356 g/mol. The zero-order chi connectivity index (χ0) is 14.8. The van der Waals surface area contributed by atoms with Crippen molar-refractivity contribution in [1.29, 1.82) is 0 Å². The van der Waals surface area contributed by atoms with Crippen LogP contribution in [0, 0.1) is 11.6 Å². The quantitative estimate of drug-likeness (QED) is 0.783. The van der Waals surface area contributed by atoms with Crippen LogP contribution in [-0.4, -0.2) is 6.04 Å². The lowest BCUT2D eigenvalue weighted by Crippen LogP contribution is -2.15. The molecule has 0 aliphatic heterocycles. The monoisotopic (exact) mass is 369 g/mol. The summed E-state index contributed by atoms with van der Waals surface area (Å²) in [5, 5.41) is 3.46. The molecule has 1 aliphatic rings. The number of nitrogens with one attached hydrogen (secondary N) is 1. The van der Waals surface area contributed by atoms with E-state index in [9.17, 15) is 8.78 Å². The van der Waals surface area contributed by atoms with Gasteiger partial charge in [-0.05, 0) is 48.7 Å². The fourth-order valence-electron chi connectivity index (χ4n) is 2.00. The lowest BCUT2D eigenvalue weighted by atomic mass is 10.2. The largest absolute Gasteiger partial charge is 0.310 e. The first kappa shape index (κ1) is 15.0. The smallest absolute Gasteiger partial charge is 0.140 e. The Kier molecular flexibility index (Phi) is 4.62. The molecule has 1 aliphatic carbocycles. The Balaban J connectivity index is 1.82. The van der Waals surface area contributed by atoms with Gasteiger partial charge in [0, 0.05) is 32.9 Å². The van der Waals surface area contributed by atoms with E-state index >= 15 is 0 Å². The van der Waals surface area contributed by atoms with Crippen LogP contribution in [-0.2, 0) is 6.54 Å². The first-order valence-electron chi connectivity index (χ1n) is 6.76. The van der Waals surface area contributed by atoms with E-state index in [1.165, 1.54) is 36.7 Å². The highest BCUT2D eigenvalue weighted by molar-refractivity contribution is 9.10. The van der Waals surface area contributed by atoms with E-state index in [4.69, 9.17) is 0 Å². The SMILES string of the molecule is Fc1ccc(Sc2ccc(Br)cc2CNC2CC2)c(F)c1. The van der Waals surface area contributed by atoms with E-state index in [0.29, 0.717) is 10.9 Å². The predicted molar refractivity (Wildman–Crippen MR) is 84.5 cm³/mol. The fraction of sp³-hybridized carbons (Fsp3) is 0.250. The molecule has 5 heteroatoms. The van der Waals surface area contributed by atoms with E-state index in [2.05, 4.69) is 21.2 Å². The highest BCUT2D eigenvalue weighted by Gasteiger charge is 2.20. The highest BCUT2D eigenvalue weighted by atomic mass is 79.9. The van der Waals surface area contributed by atoms with E-state index in [1.807, 2.05) is 18.2 Å². The molecule has 0 radical (unpaired) electrons. The van der Waals surface area contributed by atoms with Crippen molar-refractivity contribution in [3.8, 4) is 0 Å². The topological polar surface area (TPSA) is 12.0 Å². The van der Waals surface area contributed by atoms with Crippen molar-refractivity contribution in [2.75, 3.05) is 0 Å². The average Bonchev–Trinajstić information content (AvgIpc) is 3.26. The van der Waals surface area contributed by atoms with E-state index in [1.54, 1.807) is 0 Å². The molecule has 2 aromatic rings. The summed E-state index contributed by atoms with van der Waals surface area (Å²) in [6.07, 6.45) is 2.45. The van der Waals surface area contributed by atoms with Gasteiger partial charge in [-0.2, -0.15) is 0 Å². The molecule has 1 nitrogen and oxygen atoms in total. The Labute approximate surface area is 135 Å². The van der Waals surface area contributed by atoms with Crippen LogP contribution in [0.4, 0.5) is 8.78 Å². The molecule has 1 saturated carbocycles. The molecular formula is C16H14BrF2NS. The molecule has 0 saturated heterocycles. The highest BCUT2D eigenvalue weighted by Crippen LogP contribution is 2.34. The molecule has 0 heterocycles. The predicted octanol–water partition coefficient (Wildman–Crippen LogP) is 5.13. The molecule has 0 spiro atoms. The second-order valence-corrected chi connectivity index (χ2v) is 7.08. The van der Waals surface area contributed by atoms with Gasteiger partial charge in [0.25, 0.3) is 0 Å². The van der Waals surface area contributed by atoms with Gasteiger partial charge in [0.05, 0.1) is 0 Å². The van der Waals surface area contributed by atoms with Crippen LogP contribution in [0.2, 0.25) is 0 Å². The summed E-state index contributed by atoms with van der Waals surface area (Å²) < 4.78 is 27.8. The van der Waals surface area contributed by atoms with Crippen LogP contribution in [0.3, 0.4) is 0 Å². The standard InChI is InChI=1S/C16H14BrF2NS/c17-11-1-5-15(10(7-11)9-20-13-3-4-13)21-16-6-2-12(18)8-14(16)19/h1-2,5-8,13,20H,3-4,9H2. The third-order valence-corrected chi connectivity index (χ3v) is 4.96. The van der Waals surface area contributed by atoms with Gasteiger partial charge in [-0.25, -0.2) is 8.78 Å². The zero-order valence-electron chi connectivity index (χ0n) is 11.2. The van der Waals surface area contributed by atoms with Crippen LogP contribution in [0.5, 0.6) is 0 Å². The van der Waals surface area contributed by atoms with Gasteiger partial charge in [-0.15, -0.1) is 0 Å². The van der Waals surface area contributed by atoms with Crippen LogP contribution < -0.4 is 5.32 Å². The molecule has 0 atom stereocenters. The van der Waals surface area contributed by atoms with E-state index < -0.39 is 11.6 Å². The van der Waals surface area contributed by atoms with Crippen molar-refractivity contribution in [2.45, 2.75) is 35.2 Å². The van der Waals surface area contributed by atoms with Crippen molar-refractivity contribution >= 4 is 27.7 Å². The second-order valence-electron chi connectivity index (χ2n) is 5.08. The first-order chi connectivity index (χ1) is 10.1. The summed E-state index contributed by atoms with van der Waals surface area (Å²) in [5.74, 6) is -1.08. The summed E-state index contributed by atoms with van der Waals surface area (Å²) in [7, 11) is 0. The molecule has 0 bridgehead atoms. The zero-order valence-corrected chi connectivity index (χ0v) is 13.6. The molecule has 0 amide bonds. The third-order valence-electron chi connectivity index (χ3n) is 3.29. The third kappa shape index (κ3) is 4.05. The summed E-state index contributed by atoms with van der Waals surface area (Å²) in [5.41, 5.74) is 1.12. The number of hydrogen-bond acceptors (Lipinski definition) is 2. The maximum atomic E-state index is 13.8. The van der Waals surface area contributed by atoms with Gasteiger partial charge in [0.2, 0.25) is 0 Å². The molecule has 1 fully saturated rings. The van der Waals surface area contributed by atoms with Crippen LogP contribution in [0.25, 0.3) is 0 Å². The van der Waals surface area contributed by atoms with Gasteiger partial charge in [-0.3, -0.25) is 0 Å². The van der Waals surface area contributed by atoms with Crippen molar-refractivity contribution in [3.05, 3.63) is 58.1 Å². The Bertz CT molecular complexity index is 659.